The number of likely N-dealkylation sites (N-methyl/N-ethyl adjacent to an activating group) is 1. The van der Waals surface area contributed by atoms with Crippen LogP contribution in [0.3, 0.4) is 0 Å². The van der Waals surface area contributed by atoms with Gasteiger partial charge < -0.3 is 14.7 Å². The number of amides is 2. The molecule has 0 unspecified atom stereocenters. The predicted octanol–water partition coefficient (Wildman–Crippen LogP) is 1.77. The second kappa shape index (κ2) is 8.47. The fourth-order valence-corrected chi connectivity index (χ4v) is 2.76. The molecule has 2 amide bonds. The summed E-state index contributed by atoms with van der Waals surface area (Å²) >= 11 is 5.92. The molecule has 0 aliphatic carbocycles. The minimum atomic E-state index is -0.377. The van der Waals surface area contributed by atoms with Crippen LogP contribution in [0, 0.1) is 0 Å². The molecule has 1 aromatic carbocycles. The molecule has 1 N–H and O–H groups in total. The maximum absolute atomic E-state index is 12.9. The predicted molar refractivity (Wildman–Crippen MR) is 95.9 cm³/mol. The SMILES string of the molecule is CC(C)OCCN1C(=O)C(c2ccc(Cl)cc2)=C(N(C)CCO)C1=O. The van der Waals surface area contributed by atoms with Crippen LogP contribution in [-0.2, 0) is 14.3 Å². The number of ether oxygens (including phenoxy) is 1. The molecule has 1 aliphatic heterocycles. The smallest absolute Gasteiger partial charge is 0.277 e. The lowest BCUT2D eigenvalue weighted by atomic mass is 10.0. The van der Waals surface area contributed by atoms with E-state index >= 15 is 0 Å². The molecular formula is C18H23ClN2O4. The van der Waals surface area contributed by atoms with E-state index in [1.54, 1.807) is 36.2 Å². The third kappa shape index (κ3) is 4.39. The van der Waals surface area contributed by atoms with E-state index in [-0.39, 0.29) is 49.9 Å². The van der Waals surface area contributed by atoms with E-state index in [4.69, 9.17) is 16.3 Å². The Morgan fingerprint density at radius 2 is 1.84 bits per heavy atom. The van der Waals surface area contributed by atoms with Crippen LogP contribution in [0.4, 0.5) is 0 Å². The van der Waals surface area contributed by atoms with E-state index in [9.17, 15) is 14.7 Å². The molecule has 0 radical (unpaired) electrons. The molecule has 1 aromatic rings. The third-order valence-corrected chi connectivity index (χ3v) is 4.11. The van der Waals surface area contributed by atoms with Gasteiger partial charge >= 0.3 is 0 Å². The standard InChI is InChI=1S/C18H23ClN2O4/c1-12(2)25-11-9-21-17(23)15(13-4-6-14(19)7-5-13)16(18(21)24)20(3)8-10-22/h4-7,12,22H,8-11H2,1-3H3. The molecule has 0 bridgehead atoms. The quantitative estimate of drug-likeness (QED) is 0.710. The zero-order valence-corrected chi connectivity index (χ0v) is 15.4. The first-order valence-electron chi connectivity index (χ1n) is 8.16. The molecule has 1 aliphatic rings. The van der Waals surface area contributed by atoms with Gasteiger partial charge in [0.05, 0.1) is 31.4 Å². The number of benzene rings is 1. The van der Waals surface area contributed by atoms with E-state index < -0.39 is 0 Å². The molecule has 0 aromatic heterocycles. The van der Waals surface area contributed by atoms with Gasteiger partial charge in [0.2, 0.25) is 0 Å². The lowest BCUT2D eigenvalue weighted by Gasteiger charge is -2.20. The Labute approximate surface area is 152 Å². The van der Waals surface area contributed by atoms with Crippen LogP contribution in [0.15, 0.2) is 30.0 Å². The van der Waals surface area contributed by atoms with Crippen molar-refractivity contribution in [3.63, 3.8) is 0 Å². The van der Waals surface area contributed by atoms with E-state index in [1.807, 2.05) is 13.8 Å². The summed E-state index contributed by atoms with van der Waals surface area (Å²) in [5.74, 6) is -0.738. The number of hydrogen-bond acceptors (Lipinski definition) is 5. The largest absolute Gasteiger partial charge is 0.395 e. The van der Waals surface area contributed by atoms with Crippen LogP contribution in [0.2, 0.25) is 5.02 Å². The molecule has 0 saturated carbocycles. The fourth-order valence-electron chi connectivity index (χ4n) is 2.64. The summed E-state index contributed by atoms with van der Waals surface area (Å²) in [6.45, 7) is 4.38. The van der Waals surface area contributed by atoms with Gasteiger partial charge in [0.15, 0.2) is 0 Å². The molecule has 7 heteroatoms. The topological polar surface area (TPSA) is 70.1 Å². The molecule has 0 saturated heterocycles. The number of halogens is 1. The van der Waals surface area contributed by atoms with Crippen molar-refractivity contribution in [3.05, 3.63) is 40.5 Å². The monoisotopic (exact) mass is 366 g/mol. The summed E-state index contributed by atoms with van der Waals surface area (Å²) in [5, 5.41) is 9.75. The van der Waals surface area contributed by atoms with E-state index in [0.717, 1.165) is 0 Å². The Kier molecular flexibility index (Phi) is 6.58. The molecule has 0 atom stereocenters. The molecule has 2 rings (SSSR count). The van der Waals surface area contributed by atoms with Gasteiger partial charge in [-0.2, -0.15) is 0 Å². The molecule has 6 nitrogen and oxygen atoms in total. The first kappa shape index (κ1) is 19.4. The highest BCUT2D eigenvalue weighted by Crippen LogP contribution is 2.31. The summed E-state index contributed by atoms with van der Waals surface area (Å²) in [6.07, 6.45) is 0.0213. The maximum Gasteiger partial charge on any atom is 0.277 e. The second-order valence-electron chi connectivity index (χ2n) is 6.06. The number of carbonyl (C=O) groups is 2. The molecule has 1 heterocycles. The van der Waals surface area contributed by atoms with Crippen LogP contribution in [0.5, 0.6) is 0 Å². The van der Waals surface area contributed by atoms with Crippen LogP contribution in [0.1, 0.15) is 19.4 Å². The Hall–Kier alpha value is -1.89. The van der Waals surface area contributed by atoms with Gasteiger partial charge in [0.25, 0.3) is 11.8 Å². The maximum atomic E-state index is 12.9. The number of hydrogen-bond donors (Lipinski definition) is 1. The number of imide groups is 1. The van der Waals surface area contributed by atoms with Crippen molar-refractivity contribution in [1.82, 2.24) is 9.80 Å². The summed E-state index contributed by atoms with van der Waals surface area (Å²) in [4.78, 5) is 28.5. The number of rotatable bonds is 8. The van der Waals surface area contributed by atoms with Crippen LogP contribution in [-0.4, -0.2) is 66.2 Å². The zero-order valence-electron chi connectivity index (χ0n) is 14.7. The lowest BCUT2D eigenvalue weighted by molar-refractivity contribution is -0.138. The molecule has 136 valence electrons. The minimum Gasteiger partial charge on any atom is -0.395 e. The van der Waals surface area contributed by atoms with Crippen molar-refractivity contribution in [2.24, 2.45) is 0 Å². The van der Waals surface area contributed by atoms with Gasteiger partial charge in [0.1, 0.15) is 5.70 Å². The highest BCUT2D eigenvalue weighted by atomic mass is 35.5. The van der Waals surface area contributed by atoms with Gasteiger partial charge in [-0.15, -0.1) is 0 Å². The van der Waals surface area contributed by atoms with E-state index in [2.05, 4.69) is 0 Å². The third-order valence-electron chi connectivity index (χ3n) is 3.86. The van der Waals surface area contributed by atoms with Crippen molar-refractivity contribution in [1.29, 1.82) is 0 Å². The summed E-state index contributed by atoms with van der Waals surface area (Å²) in [7, 11) is 1.68. The Morgan fingerprint density at radius 1 is 1.20 bits per heavy atom. The molecule has 0 spiro atoms. The Morgan fingerprint density at radius 3 is 2.40 bits per heavy atom. The first-order valence-corrected chi connectivity index (χ1v) is 8.54. The highest BCUT2D eigenvalue weighted by molar-refractivity contribution is 6.36. The number of carbonyl (C=O) groups excluding carboxylic acids is 2. The van der Waals surface area contributed by atoms with Gasteiger partial charge in [-0.1, -0.05) is 23.7 Å². The van der Waals surface area contributed by atoms with Crippen molar-refractivity contribution in [3.8, 4) is 0 Å². The highest BCUT2D eigenvalue weighted by Gasteiger charge is 2.40. The van der Waals surface area contributed by atoms with E-state index in [1.165, 1.54) is 4.90 Å². The van der Waals surface area contributed by atoms with Gasteiger partial charge in [-0.05, 0) is 31.5 Å². The van der Waals surface area contributed by atoms with Crippen LogP contribution < -0.4 is 0 Å². The average Bonchev–Trinajstić information content (AvgIpc) is 2.80. The molecule has 25 heavy (non-hydrogen) atoms. The summed E-state index contributed by atoms with van der Waals surface area (Å²) < 4.78 is 5.46. The van der Waals surface area contributed by atoms with E-state index in [0.29, 0.717) is 16.2 Å². The van der Waals surface area contributed by atoms with Crippen LogP contribution >= 0.6 is 11.6 Å². The minimum absolute atomic E-state index is 0.0213. The number of aliphatic hydroxyl groups excluding tert-OH is 1. The molecule has 0 fully saturated rings. The first-order chi connectivity index (χ1) is 11.9. The van der Waals surface area contributed by atoms with Gasteiger partial charge in [-0.25, -0.2) is 0 Å². The summed E-state index contributed by atoms with van der Waals surface area (Å²) in [5.41, 5.74) is 1.22. The van der Waals surface area contributed by atoms with Crippen molar-refractivity contribution < 1.29 is 19.4 Å². The van der Waals surface area contributed by atoms with Gasteiger partial charge in [-0.3, -0.25) is 14.5 Å². The van der Waals surface area contributed by atoms with Crippen LogP contribution in [0.25, 0.3) is 5.57 Å². The van der Waals surface area contributed by atoms with Gasteiger partial charge in [0, 0.05) is 18.6 Å². The normalized spacial score (nSPS) is 14.9. The zero-order chi connectivity index (χ0) is 18.6. The van der Waals surface area contributed by atoms with Crippen molar-refractivity contribution >= 4 is 29.0 Å². The van der Waals surface area contributed by atoms with Crippen molar-refractivity contribution in [2.45, 2.75) is 20.0 Å². The Balaban J connectivity index is 2.35. The fraction of sp³-hybridized carbons (Fsp3) is 0.444. The average molecular weight is 367 g/mol. The number of nitrogens with zero attached hydrogens (tertiary/aromatic N) is 2. The Bertz CT molecular complexity index is 670. The molecular weight excluding hydrogens is 344 g/mol. The second-order valence-corrected chi connectivity index (χ2v) is 6.49. The van der Waals surface area contributed by atoms with Crippen molar-refractivity contribution in [2.75, 3.05) is 33.4 Å². The lowest BCUT2D eigenvalue weighted by Crippen LogP contribution is -2.37. The summed E-state index contributed by atoms with van der Waals surface area (Å²) in [6, 6.07) is 6.78. The number of aliphatic hydroxyl groups is 1.